The molecule has 0 atom stereocenters. The summed E-state index contributed by atoms with van der Waals surface area (Å²) in [5.41, 5.74) is 11.0. The van der Waals surface area contributed by atoms with Gasteiger partial charge in [0.1, 0.15) is 0 Å². The molecule has 5 aromatic carbocycles. The highest BCUT2D eigenvalue weighted by Gasteiger charge is 2.27. The van der Waals surface area contributed by atoms with Crippen molar-refractivity contribution >= 4 is 28.4 Å². The number of benzene rings is 5. The van der Waals surface area contributed by atoms with Gasteiger partial charge in [0.25, 0.3) is 0 Å². The fourth-order valence-corrected chi connectivity index (χ4v) is 4.79. The van der Waals surface area contributed by atoms with E-state index in [0.717, 1.165) is 29.2 Å². The molecule has 0 saturated heterocycles. The zero-order valence-electron chi connectivity index (χ0n) is 18.3. The van der Waals surface area contributed by atoms with Crippen LogP contribution in [0, 0.1) is 0 Å². The summed E-state index contributed by atoms with van der Waals surface area (Å²) in [5, 5.41) is 3.71. The van der Waals surface area contributed by atoms with Crippen LogP contribution in [0.5, 0.6) is 0 Å². The molecule has 2 heteroatoms. The van der Waals surface area contributed by atoms with Crippen LogP contribution in [0.2, 0.25) is 0 Å². The third-order valence-corrected chi connectivity index (χ3v) is 6.26. The van der Waals surface area contributed by atoms with Gasteiger partial charge in [-0.1, -0.05) is 84.9 Å². The maximum Gasteiger partial charge on any atom is 0.0738 e. The Balaban J connectivity index is 1.61. The minimum absolute atomic E-state index is 0.918. The molecular weight excluding hydrogens is 400 g/mol. The van der Waals surface area contributed by atoms with Gasteiger partial charge >= 0.3 is 0 Å². The molecule has 2 nitrogen and oxygen atoms in total. The molecule has 0 saturated carbocycles. The quantitative estimate of drug-likeness (QED) is 0.298. The first-order chi connectivity index (χ1) is 16.4. The van der Waals surface area contributed by atoms with Crippen molar-refractivity contribution in [1.29, 1.82) is 0 Å². The molecule has 0 fully saturated rings. The van der Waals surface area contributed by atoms with Gasteiger partial charge in [0, 0.05) is 23.5 Å². The zero-order chi connectivity index (χ0) is 22.0. The van der Waals surface area contributed by atoms with Crippen LogP contribution in [0.4, 0.5) is 28.4 Å². The smallest absolute Gasteiger partial charge is 0.0738 e. The third kappa shape index (κ3) is 3.56. The first kappa shape index (κ1) is 19.4. The van der Waals surface area contributed by atoms with Gasteiger partial charge in [0.15, 0.2) is 0 Å². The summed E-state index contributed by atoms with van der Waals surface area (Å²) in [4.78, 5) is 2.38. The van der Waals surface area contributed by atoms with Crippen molar-refractivity contribution < 1.29 is 0 Å². The van der Waals surface area contributed by atoms with E-state index in [1.807, 2.05) is 6.07 Å². The Kier molecular flexibility index (Phi) is 4.89. The van der Waals surface area contributed by atoms with Crippen molar-refractivity contribution in [2.24, 2.45) is 0 Å². The molecule has 0 heterocycles. The zero-order valence-corrected chi connectivity index (χ0v) is 18.3. The van der Waals surface area contributed by atoms with Crippen LogP contribution in [0.1, 0.15) is 11.1 Å². The second-order valence-corrected chi connectivity index (χ2v) is 8.32. The van der Waals surface area contributed by atoms with E-state index in [-0.39, 0.29) is 0 Å². The first-order valence-corrected chi connectivity index (χ1v) is 11.3. The average Bonchev–Trinajstić information content (AvgIpc) is 3.26. The third-order valence-electron chi connectivity index (χ3n) is 6.26. The Morgan fingerprint density at radius 1 is 0.515 bits per heavy atom. The minimum Gasteiger partial charge on any atom is -0.354 e. The van der Waals surface area contributed by atoms with Crippen LogP contribution in [0.15, 0.2) is 127 Å². The normalized spacial score (nSPS) is 11.5. The molecule has 5 aromatic rings. The lowest BCUT2D eigenvalue weighted by Crippen LogP contribution is -2.14. The summed E-state index contributed by atoms with van der Waals surface area (Å²) in [6.07, 6.45) is 0.918. The highest BCUT2D eigenvalue weighted by Crippen LogP contribution is 2.49. The molecule has 6 rings (SSSR count). The highest BCUT2D eigenvalue weighted by atomic mass is 15.2. The van der Waals surface area contributed by atoms with E-state index in [0.29, 0.717) is 0 Å². The standard InChI is InChI=1S/C31H24N2/c1-4-13-24(14-5-1)32-30-21-20-28-27-19-11-10-12-23(27)22-29(28)31(30)33(25-15-6-2-7-16-25)26-17-8-3-9-18-26/h1-21,32H,22H2. The second-order valence-electron chi connectivity index (χ2n) is 8.32. The monoisotopic (exact) mass is 424 g/mol. The number of fused-ring (bicyclic) bond motifs is 3. The Labute approximate surface area is 194 Å². The molecule has 158 valence electrons. The van der Waals surface area contributed by atoms with E-state index < -0.39 is 0 Å². The number of rotatable bonds is 5. The van der Waals surface area contributed by atoms with E-state index in [9.17, 15) is 0 Å². The molecule has 33 heavy (non-hydrogen) atoms. The van der Waals surface area contributed by atoms with Gasteiger partial charge in [-0.3, -0.25) is 0 Å². The summed E-state index contributed by atoms with van der Waals surface area (Å²) < 4.78 is 0. The van der Waals surface area contributed by atoms with Gasteiger partial charge in [-0.25, -0.2) is 0 Å². The van der Waals surface area contributed by atoms with Crippen molar-refractivity contribution in [3.05, 3.63) is 139 Å². The SMILES string of the molecule is c1ccc(Nc2ccc3c(c2N(c2ccccc2)c2ccccc2)Cc2ccccc2-3)cc1. The van der Waals surface area contributed by atoms with Gasteiger partial charge in [-0.15, -0.1) is 0 Å². The minimum atomic E-state index is 0.918. The van der Waals surface area contributed by atoms with Crippen molar-refractivity contribution in [1.82, 2.24) is 0 Å². The highest BCUT2D eigenvalue weighted by molar-refractivity contribution is 5.95. The lowest BCUT2D eigenvalue weighted by atomic mass is 10.0. The Morgan fingerprint density at radius 2 is 1.09 bits per heavy atom. The Bertz CT molecular complexity index is 1350. The van der Waals surface area contributed by atoms with Gasteiger partial charge in [0.05, 0.1) is 11.4 Å². The van der Waals surface area contributed by atoms with Crippen LogP contribution in [-0.2, 0) is 6.42 Å². The van der Waals surface area contributed by atoms with Crippen molar-refractivity contribution in [3.63, 3.8) is 0 Å². The maximum absolute atomic E-state index is 3.71. The van der Waals surface area contributed by atoms with E-state index in [4.69, 9.17) is 0 Å². The number of anilines is 5. The van der Waals surface area contributed by atoms with Crippen LogP contribution >= 0.6 is 0 Å². The molecule has 0 spiro atoms. The number of nitrogens with zero attached hydrogens (tertiary/aromatic N) is 1. The topological polar surface area (TPSA) is 15.3 Å². The lowest BCUT2D eigenvalue weighted by molar-refractivity contribution is 1.20. The fraction of sp³-hybridized carbons (Fsp3) is 0.0323. The van der Waals surface area contributed by atoms with Crippen LogP contribution in [0.25, 0.3) is 11.1 Å². The molecule has 0 unspecified atom stereocenters. The summed E-state index contributed by atoms with van der Waals surface area (Å²) in [6.45, 7) is 0. The predicted molar refractivity (Wildman–Crippen MR) is 139 cm³/mol. The van der Waals surface area contributed by atoms with Crippen LogP contribution < -0.4 is 10.2 Å². The van der Waals surface area contributed by atoms with E-state index in [1.54, 1.807) is 0 Å². The molecule has 0 radical (unpaired) electrons. The van der Waals surface area contributed by atoms with Gasteiger partial charge in [-0.05, 0) is 64.7 Å². The lowest BCUT2D eigenvalue weighted by Gasteiger charge is -2.30. The maximum atomic E-state index is 3.71. The van der Waals surface area contributed by atoms with Crippen molar-refractivity contribution in [2.75, 3.05) is 10.2 Å². The molecule has 1 aliphatic carbocycles. The average molecular weight is 425 g/mol. The summed E-state index contributed by atoms with van der Waals surface area (Å²) in [5.74, 6) is 0. The number of hydrogen-bond acceptors (Lipinski definition) is 2. The van der Waals surface area contributed by atoms with E-state index >= 15 is 0 Å². The number of para-hydroxylation sites is 3. The van der Waals surface area contributed by atoms with Crippen LogP contribution in [-0.4, -0.2) is 0 Å². The van der Waals surface area contributed by atoms with E-state index in [1.165, 1.54) is 27.9 Å². The molecule has 0 bridgehead atoms. The van der Waals surface area contributed by atoms with Gasteiger partial charge in [0.2, 0.25) is 0 Å². The first-order valence-electron chi connectivity index (χ1n) is 11.3. The molecule has 0 amide bonds. The molecular formula is C31H24N2. The summed E-state index contributed by atoms with van der Waals surface area (Å²) >= 11 is 0. The summed E-state index contributed by atoms with van der Waals surface area (Å²) in [7, 11) is 0. The fourth-order valence-electron chi connectivity index (χ4n) is 4.79. The Morgan fingerprint density at radius 3 is 1.76 bits per heavy atom. The van der Waals surface area contributed by atoms with Crippen molar-refractivity contribution in [2.45, 2.75) is 6.42 Å². The number of nitrogens with one attached hydrogen (secondary N) is 1. The largest absolute Gasteiger partial charge is 0.354 e. The summed E-state index contributed by atoms with van der Waals surface area (Å²) in [6, 6.07) is 44.9. The van der Waals surface area contributed by atoms with Crippen LogP contribution in [0.3, 0.4) is 0 Å². The van der Waals surface area contributed by atoms with Gasteiger partial charge < -0.3 is 10.2 Å². The molecule has 0 aliphatic heterocycles. The van der Waals surface area contributed by atoms with E-state index in [2.05, 4.69) is 132 Å². The van der Waals surface area contributed by atoms with Gasteiger partial charge in [-0.2, -0.15) is 0 Å². The predicted octanol–water partition coefficient (Wildman–Crippen LogP) is 8.47. The second kappa shape index (κ2) is 8.33. The Hall–Kier alpha value is -4.30. The molecule has 1 aliphatic rings. The molecule has 1 N–H and O–H groups in total. The number of hydrogen-bond donors (Lipinski definition) is 1. The van der Waals surface area contributed by atoms with Crippen molar-refractivity contribution in [3.8, 4) is 11.1 Å². The molecule has 0 aromatic heterocycles.